The first-order valence-electron chi connectivity index (χ1n) is 11.6. The van der Waals surface area contributed by atoms with Crippen molar-refractivity contribution in [2.45, 2.75) is 45.3 Å². The molecule has 1 fully saturated rings. The molecule has 0 radical (unpaired) electrons. The highest BCUT2D eigenvalue weighted by molar-refractivity contribution is 7.07. The summed E-state index contributed by atoms with van der Waals surface area (Å²) in [5.41, 5.74) is 5.94. The van der Waals surface area contributed by atoms with Crippen molar-refractivity contribution in [3.05, 3.63) is 63.4 Å². The molecule has 0 bridgehead atoms. The Kier molecular flexibility index (Phi) is 6.36. The standard InChI is InChI=1S/C25H29N5O3S/c1-28(13-19-15-34-16-26-19)25(32)24-20-14-29(10-9-21(20)30(27-24)12-17-7-8-17)23(31)11-18-5-3-4-6-22(18)33-2/h3-6,15-17H,7-14H2,1-2H3. The van der Waals surface area contributed by atoms with Crippen LogP contribution in [-0.4, -0.2) is 57.1 Å². The SMILES string of the molecule is COc1ccccc1CC(=O)N1CCc2c(c(C(=O)N(C)Cc3cscn3)nn2CC2CC2)C1. The number of aromatic nitrogens is 3. The van der Waals surface area contributed by atoms with Gasteiger partial charge in [-0.15, -0.1) is 11.3 Å². The number of thiazole rings is 1. The number of hydrogen-bond donors (Lipinski definition) is 0. The Morgan fingerprint density at radius 3 is 2.82 bits per heavy atom. The van der Waals surface area contributed by atoms with E-state index in [0.717, 1.165) is 29.1 Å². The first-order chi connectivity index (χ1) is 16.5. The molecule has 2 aromatic heterocycles. The van der Waals surface area contributed by atoms with E-state index in [1.165, 1.54) is 24.2 Å². The van der Waals surface area contributed by atoms with Gasteiger partial charge in [0.25, 0.3) is 5.91 Å². The van der Waals surface area contributed by atoms with Crippen molar-refractivity contribution in [1.29, 1.82) is 0 Å². The second kappa shape index (κ2) is 9.58. The molecule has 5 rings (SSSR count). The molecule has 0 N–H and O–H groups in total. The van der Waals surface area contributed by atoms with Gasteiger partial charge in [-0.25, -0.2) is 4.98 Å². The lowest BCUT2D eigenvalue weighted by molar-refractivity contribution is -0.131. The molecule has 1 aliphatic heterocycles. The topological polar surface area (TPSA) is 80.6 Å². The van der Waals surface area contributed by atoms with Gasteiger partial charge in [-0.1, -0.05) is 18.2 Å². The van der Waals surface area contributed by atoms with Gasteiger partial charge in [0.15, 0.2) is 5.69 Å². The highest BCUT2D eigenvalue weighted by Crippen LogP contribution is 2.33. The summed E-state index contributed by atoms with van der Waals surface area (Å²) in [6, 6.07) is 7.60. The third-order valence-corrected chi connectivity index (χ3v) is 7.22. The van der Waals surface area contributed by atoms with Crippen LogP contribution in [0, 0.1) is 5.92 Å². The third kappa shape index (κ3) is 4.70. The Bertz CT molecular complexity index is 1190. The molecule has 0 atom stereocenters. The number of nitrogens with zero attached hydrogens (tertiary/aromatic N) is 5. The Balaban J connectivity index is 1.38. The van der Waals surface area contributed by atoms with E-state index in [-0.39, 0.29) is 18.2 Å². The van der Waals surface area contributed by atoms with Crippen LogP contribution in [0.5, 0.6) is 5.75 Å². The number of fused-ring (bicyclic) bond motifs is 1. The minimum Gasteiger partial charge on any atom is -0.496 e. The molecule has 34 heavy (non-hydrogen) atoms. The van der Waals surface area contributed by atoms with Gasteiger partial charge in [0.2, 0.25) is 5.91 Å². The fraction of sp³-hybridized carbons (Fsp3) is 0.440. The molecular formula is C25H29N5O3S. The molecule has 8 nitrogen and oxygen atoms in total. The molecule has 1 aromatic carbocycles. The van der Waals surface area contributed by atoms with Gasteiger partial charge in [0, 0.05) is 55.3 Å². The van der Waals surface area contributed by atoms with Gasteiger partial charge in [-0.05, 0) is 24.8 Å². The third-order valence-electron chi connectivity index (χ3n) is 6.58. The minimum absolute atomic E-state index is 0.0271. The van der Waals surface area contributed by atoms with Gasteiger partial charge in [-0.3, -0.25) is 14.3 Å². The lowest BCUT2D eigenvalue weighted by Gasteiger charge is -2.28. The van der Waals surface area contributed by atoms with Crippen LogP contribution in [0.15, 0.2) is 35.2 Å². The molecule has 9 heteroatoms. The number of rotatable bonds is 8. The number of para-hydroxylation sites is 1. The van der Waals surface area contributed by atoms with E-state index >= 15 is 0 Å². The molecule has 0 unspecified atom stereocenters. The van der Waals surface area contributed by atoms with Crippen molar-refractivity contribution in [2.24, 2.45) is 5.92 Å². The van der Waals surface area contributed by atoms with Crippen molar-refractivity contribution < 1.29 is 14.3 Å². The van der Waals surface area contributed by atoms with Gasteiger partial charge in [-0.2, -0.15) is 5.10 Å². The van der Waals surface area contributed by atoms with Crippen LogP contribution in [0.3, 0.4) is 0 Å². The summed E-state index contributed by atoms with van der Waals surface area (Å²) >= 11 is 1.51. The molecule has 0 saturated heterocycles. The molecule has 2 aliphatic rings. The highest BCUT2D eigenvalue weighted by atomic mass is 32.1. The quantitative estimate of drug-likeness (QED) is 0.496. The maximum Gasteiger partial charge on any atom is 0.274 e. The van der Waals surface area contributed by atoms with E-state index in [9.17, 15) is 9.59 Å². The summed E-state index contributed by atoms with van der Waals surface area (Å²) in [6.07, 6.45) is 3.40. The second-order valence-corrected chi connectivity index (χ2v) is 9.81. The number of methoxy groups -OCH3 is 1. The maximum atomic E-state index is 13.4. The smallest absolute Gasteiger partial charge is 0.274 e. The average Bonchev–Trinajstić information content (AvgIpc) is 3.38. The molecule has 0 spiro atoms. The lowest BCUT2D eigenvalue weighted by atomic mass is 10.0. The summed E-state index contributed by atoms with van der Waals surface area (Å²) in [6.45, 7) is 2.31. The van der Waals surface area contributed by atoms with Crippen molar-refractivity contribution in [3.63, 3.8) is 0 Å². The first kappa shape index (κ1) is 22.6. The van der Waals surface area contributed by atoms with Crippen molar-refractivity contribution >= 4 is 23.2 Å². The fourth-order valence-electron chi connectivity index (χ4n) is 4.51. The zero-order valence-corrected chi connectivity index (χ0v) is 20.4. The molecule has 1 saturated carbocycles. The van der Waals surface area contributed by atoms with E-state index in [0.29, 0.717) is 43.4 Å². The number of hydrogen-bond acceptors (Lipinski definition) is 6. The summed E-state index contributed by atoms with van der Waals surface area (Å²) in [5.74, 6) is 1.26. The predicted octanol–water partition coefficient (Wildman–Crippen LogP) is 3.16. The fourth-order valence-corrected chi connectivity index (χ4v) is 5.06. The van der Waals surface area contributed by atoms with Crippen molar-refractivity contribution in [2.75, 3.05) is 20.7 Å². The summed E-state index contributed by atoms with van der Waals surface area (Å²) in [4.78, 5) is 34.4. The molecule has 3 aromatic rings. The molecular weight excluding hydrogens is 450 g/mol. The van der Waals surface area contributed by atoms with Crippen LogP contribution < -0.4 is 4.74 Å². The van der Waals surface area contributed by atoms with Crippen LogP contribution in [0.25, 0.3) is 0 Å². The minimum atomic E-state index is -0.127. The Hall–Kier alpha value is -3.20. The second-order valence-electron chi connectivity index (χ2n) is 9.09. The maximum absolute atomic E-state index is 13.4. The van der Waals surface area contributed by atoms with Crippen LogP contribution in [0.1, 0.15) is 45.8 Å². The zero-order chi connectivity index (χ0) is 23.7. The van der Waals surface area contributed by atoms with Crippen molar-refractivity contribution in [1.82, 2.24) is 24.6 Å². The van der Waals surface area contributed by atoms with Crippen LogP contribution in [0.2, 0.25) is 0 Å². The predicted molar refractivity (Wildman–Crippen MR) is 129 cm³/mol. The average molecular weight is 480 g/mol. The van der Waals surface area contributed by atoms with E-state index in [2.05, 4.69) is 4.98 Å². The summed E-state index contributed by atoms with van der Waals surface area (Å²) in [5, 5.41) is 6.72. The first-order valence-corrected chi connectivity index (χ1v) is 12.6. The van der Waals surface area contributed by atoms with Gasteiger partial charge >= 0.3 is 0 Å². The Labute approximate surface area is 203 Å². The Morgan fingerprint density at radius 1 is 1.26 bits per heavy atom. The van der Waals surface area contributed by atoms with Gasteiger partial charge < -0.3 is 14.5 Å². The number of ether oxygens (including phenoxy) is 1. The van der Waals surface area contributed by atoms with Crippen molar-refractivity contribution in [3.8, 4) is 5.75 Å². The molecule has 1 aliphatic carbocycles. The largest absolute Gasteiger partial charge is 0.496 e. The van der Waals surface area contributed by atoms with Crippen LogP contribution >= 0.6 is 11.3 Å². The monoisotopic (exact) mass is 479 g/mol. The van der Waals surface area contributed by atoms with Crippen LogP contribution in [-0.2, 0) is 37.3 Å². The molecule has 3 heterocycles. The van der Waals surface area contributed by atoms with Crippen LogP contribution in [0.4, 0.5) is 0 Å². The molecule has 2 amide bonds. The highest BCUT2D eigenvalue weighted by Gasteiger charge is 2.33. The normalized spacial score (nSPS) is 15.2. The van der Waals surface area contributed by atoms with Gasteiger partial charge in [0.1, 0.15) is 5.75 Å². The van der Waals surface area contributed by atoms with E-state index < -0.39 is 0 Å². The molecule has 178 valence electrons. The van der Waals surface area contributed by atoms with E-state index in [1.54, 1.807) is 24.6 Å². The van der Waals surface area contributed by atoms with E-state index in [1.807, 2.05) is 39.2 Å². The summed E-state index contributed by atoms with van der Waals surface area (Å²) < 4.78 is 7.44. The Morgan fingerprint density at radius 2 is 2.09 bits per heavy atom. The zero-order valence-electron chi connectivity index (χ0n) is 19.6. The number of carbonyl (C=O) groups excluding carboxylic acids is 2. The summed E-state index contributed by atoms with van der Waals surface area (Å²) in [7, 11) is 3.39. The lowest BCUT2D eigenvalue weighted by Crippen LogP contribution is -2.38. The van der Waals surface area contributed by atoms with E-state index in [4.69, 9.17) is 9.84 Å². The number of carbonyl (C=O) groups is 2. The van der Waals surface area contributed by atoms with Gasteiger partial charge in [0.05, 0.1) is 31.3 Å². The number of amides is 2. The number of benzene rings is 1.